The lowest BCUT2D eigenvalue weighted by Crippen LogP contribution is -2.14. The molecule has 0 aliphatic heterocycles. The number of aromatic amines is 1. The van der Waals surface area contributed by atoms with Crippen molar-refractivity contribution in [2.45, 2.75) is 13.0 Å². The van der Waals surface area contributed by atoms with E-state index < -0.39 is 16.6 Å². The highest BCUT2D eigenvalue weighted by molar-refractivity contribution is 5.86. The molecule has 8 nitrogen and oxygen atoms in total. The molecule has 1 unspecified atom stereocenters. The van der Waals surface area contributed by atoms with E-state index in [0.717, 1.165) is 5.56 Å². The maximum atomic E-state index is 11.8. The molecule has 0 saturated heterocycles. The first-order valence-electron chi connectivity index (χ1n) is 7.60. The number of aryl methyl sites for hydroxylation is 1. The molecule has 0 bridgehead atoms. The zero-order valence-corrected chi connectivity index (χ0v) is 13.4. The van der Waals surface area contributed by atoms with Crippen LogP contribution in [0.5, 0.6) is 0 Å². The van der Waals surface area contributed by atoms with Gasteiger partial charge in [0.1, 0.15) is 5.69 Å². The maximum Gasteiger partial charge on any atom is 0.293 e. The monoisotopic (exact) mass is 340 g/mol. The topological polar surface area (TPSA) is 121 Å². The number of nitrogens with one attached hydrogen (secondary N) is 2. The van der Waals surface area contributed by atoms with Gasteiger partial charge in [-0.25, -0.2) is 4.98 Å². The highest BCUT2D eigenvalue weighted by atomic mass is 16.6. The average Bonchev–Trinajstić information content (AvgIpc) is 2.59. The van der Waals surface area contributed by atoms with Gasteiger partial charge in [-0.2, -0.15) is 0 Å². The number of fused-ring (bicyclic) bond motifs is 1. The predicted molar refractivity (Wildman–Crippen MR) is 93.6 cm³/mol. The fourth-order valence-electron chi connectivity index (χ4n) is 2.60. The Bertz CT molecular complexity index is 999. The Morgan fingerprint density at radius 3 is 2.88 bits per heavy atom. The van der Waals surface area contributed by atoms with Crippen LogP contribution in [-0.4, -0.2) is 26.5 Å². The molecule has 0 spiro atoms. The molecule has 0 amide bonds. The molecular formula is C17H16N4O4. The van der Waals surface area contributed by atoms with Gasteiger partial charge in [0.15, 0.2) is 0 Å². The van der Waals surface area contributed by atoms with Crippen molar-refractivity contribution in [3.05, 3.63) is 74.3 Å². The molecule has 3 rings (SSSR count). The molecule has 8 heteroatoms. The Hall–Kier alpha value is -3.26. The van der Waals surface area contributed by atoms with Crippen LogP contribution in [0, 0.1) is 17.0 Å². The maximum absolute atomic E-state index is 11.8. The second-order valence-corrected chi connectivity index (χ2v) is 5.69. The SMILES string of the molecule is Cc1cccc(C(O)CNc2cc3nc[nH]c(=O)c3cc2[N+](=O)[O-])c1. The largest absolute Gasteiger partial charge is 0.387 e. The van der Waals surface area contributed by atoms with E-state index >= 15 is 0 Å². The third-order valence-corrected chi connectivity index (χ3v) is 3.87. The molecule has 2 aromatic carbocycles. The number of hydrogen-bond acceptors (Lipinski definition) is 6. The first-order chi connectivity index (χ1) is 12.0. The van der Waals surface area contributed by atoms with Crippen molar-refractivity contribution in [1.82, 2.24) is 9.97 Å². The Kier molecular flexibility index (Phi) is 4.44. The van der Waals surface area contributed by atoms with Crippen LogP contribution in [0.15, 0.2) is 47.5 Å². The number of rotatable bonds is 5. The first kappa shape index (κ1) is 16.6. The Balaban J connectivity index is 1.91. The number of nitrogens with zero attached hydrogens (tertiary/aromatic N) is 2. The number of H-pyrrole nitrogens is 1. The smallest absolute Gasteiger partial charge is 0.293 e. The lowest BCUT2D eigenvalue weighted by molar-refractivity contribution is -0.383. The third kappa shape index (κ3) is 3.48. The van der Waals surface area contributed by atoms with Crippen LogP contribution in [-0.2, 0) is 0 Å². The highest BCUT2D eigenvalue weighted by Gasteiger charge is 2.18. The number of benzene rings is 2. The highest BCUT2D eigenvalue weighted by Crippen LogP contribution is 2.28. The molecule has 3 aromatic rings. The lowest BCUT2D eigenvalue weighted by atomic mass is 10.1. The van der Waals surface area contributed by atoms with E-state index in [0.29, 0.717) is 11.1 Å². The summed E-state index contributed by atoms with van der Waals surface area (Å²) in [7, 11) is 0. The Labute approximate surface area is 142 Å². The van der Waals surface area contributed by atoms with Gasteiger partial charge in [0.2, 0.25) is 0 Å². The van der Waals surface area contributed by atoms with Gasteiger partial charge < -0.3 is 15.4 Å². The fourth-order valence-corrected chi connectivity index (χ4v) is 2.60. The average molecular weight is 340 g/mol. The van der Waals surface area contributed by atoms with Crippen LogP contribution >= 0.6 is 0 Å². The van der Waals surface area contributed by atoms with Crippen molar-refractivity contribution in [3.63, 3.8) is 0 Å². The second-order valence-electron chi connectivity index (χ2n) is 5.69. The van der Waals surface area contributed by atoms with Crippen LogP contribution in [0.3, 0.4) is 0 Å². The molecule has 3 N–H and O–H groups in total. The molecule has 1 aromatic heterocycles. The zero-order chi connectivity index (χ0) is 18.0. The number of aliphatic hydroxyl groups is 1. The fraction of sp³-hybridized carbons (Fsp3) is 0.176. The molecular weight excluding hydrogens is 324 g/mol. The van der Waals surface area contributed by atoms with E-state index in [1.807, 2.05) is 25.1 Å². The van der Waals surface area contributed by atoms with Crippen molar-refractivity contribution in [2.75, 3.05) is 11.9 Å². The first-order valence-corrected chi connectivity index (χ1v) is 7.60. The van der Waals surface area contributed by atoms with Crippen LogP contribution in [0.4, 0.5) is 11.4 Å². The van der Waals surface area contributed by atoms with Crippen molar-refractivity contribution in [1.29, 1.82) is 0 Å². The summed E-state index contributed by atoms with van der Waals surface area (Å²) in [5.41, 5.74) is 1.56. The Morgan fingerprint density at radius 1 is 1.36 bits per heavy atom. The zero-order valence-electron chi connectivity index (χ0n) is 13.4. The number of aliphatic hydroxyl groups excluding tert-OH is 1. The minimum atomic E-state index is -0.831. The van der Waals surface area contributed by atoms with Gasteiger partial charge >= 0.3 is 0 Å². The summed E-state index contributed by atoms with van der Waals surface area (Å²) in [6.07, 6.45) is 0.407. The van der Waals surface area contributed by atoms with Crippen molar-refractivity contribution in [2.24, 2.45) is 0 Å². The second kappa shape index (κ2) is 6.70. The van der Waals surface area contributed by atoms with E-state index in [1.165, 1.54) is 18.5 Å². The van der Waals surface area contributed by atoms with Gasteiger partial charge in [0.25, 0.3) is 11.2 Å². The molecule has 128 valence electrons. The molecule has 1 heterocycles. The van der Waals surface area contributed by atoms with Gasteiger partial charge in [0.05, 0.1) is 28.3 Å². The van der Waals surface area contributed by atoms with E-state index in [1.54, 1.807) is 6.07 Å². The number of anilines is 1. The van der Waals surface area contributed by atoms with Gasteiger partial charge in [-0.3, -0.25) is 14.9 Å². The number of aromatic nitrogens is 2. The van der Waals surface area contributed by atoms with Gasteiger partial charge in [-0.05, 0) is 18.6 Å². The summed E-state index contributed by atoms with van der Waals surface area (Å²) >= 11 is 0. The van der Waals surface area contributed by atoms with E-state index in [2.05, 4.69) is 15.3 Å². The summed E-state index contributed by atoms with van der Waals surface area (Å²) in [6, 6.07) is 10.0. The van der Waals surface area contributed by atoms with Crippen LogP contribution in [0.1, 0.15) is 17.2 Å². The molecule has 0 saturated carbocycles. The van der Waals surface area contributed by atoms with Crippen molar-refractivity contribution in [3.8, 4) is 0 Å². The van der Waals surface area contributed by atoms with Gasteiger partial charge in [-0.1, -0.05) is 29.8 Å². The van der Waals surface area contributed by atoms with Gasteiger partial charge in [0, 0.05) is 12.6 Å². The van der Waals surface area contributed by atoms with Crippen LogP contribution in [0.25, 0.3) is 10.9 Å². The normalized spacial score (nSPS) is 12.1. The molecule has 0 radical (unpaired) electrons. The van der Waals surface area contributed by atoms with Crippen LogP contribution < -0.4 is 10.9 Å². The quantitative estimate of drug-likeness (QED) is 0.484. The predicted octanol–water partition coefficient (Wildman–Crippen LogP) is 2.29. The summed E-state index contributed by atoms with van der Waals surface area (Å²) in [4.78, 5) is 28.9. The summed E-state index contributed by atoms with van der Waals surface area (Å²) < 4.78 is 0. The summed E-state index contributed by atoms with van der Waals surface area (Å²) in [5.74, 6) is 0. The summed E-state index contributed by atoms with van der Waals surface area (Å²) in [6.45, 7) is 2.00. The minimum absolute atomic E-state index is 0.0823. The number of nitro benzene ring substituents is 1. The molecule has 25 heavy (non-hydrogen) atoms. The van der Waals surface area contributed by atoms with Crippen LogP contribution in [0.2, 0.25) is 0 Å². The van der Waals surface area contributed by atoms with E-state index in [4.69, 9.17) is 0 Å². The standard InChI is InChI=1S/C17H16N4O4/c1-10-3-2-4-11(5-10)16(22)8-18-14-7-13-12(6-15(14)21(24)25)17(23)20-9-19-13/h2-7,9,16,18,22H,8H2,1H3,(H,19,20,23). The number of hydrogen-bond donors (Lipinski definition) is 3. The van der Waals surface area contributed by atoms with Gasteiger partial charge in [-0.15, -0.1) is 0 Å². The molecule has 1 atom stereocenters. The molecule has 0 aliphatic carbocycles. The Morgan fingerprint density at radius 2 is 2.16 bits per heavy atom. The van der Waals surface area contributed by atoms with E-state index in [9.17, 15) is 20.0 Å². The van der Waals surface area contributed by atoms with Crippen molar-refractivity contribution < 1.29 is 10.0 Å². The lowest BCUT2D eigenvalue weighted by Gasteiger charge is -2.14. The molecule has 0 fully saturated rings. The number of nitro groups is 1. The molecule has 0 aliphatic rings. The summed E-state index contributed by atoms with van der Waals surface area (Å²) in [5, 5.41) is 24.6. The van der Waals surface area contributed by atoms with E-state index in [-0.39, 0.29) is 23.3 Å². The minimum Gasteiger partial charge on any atom is -0.387 e. The van der Waals surface area contributed by atoms with Crippen molar-refractivity contribution >= 4 is 22.3 Å². The third-order valence-electron chi connectivity index (χ3n) is 3.87.